The zero-order valence-corrected chi connectivity index (χ0v) is 38.5. The second-order valence-electron chi connectivity index (χ2n) is 14.0. The molecule has 2 N–H and O–H groups in total. The Morgan fingerprint density at radius 2 is 1.43 bits per heavy atom. The van der Waals surface area contributed by atoms with Crippen molar-refractivity contribution in [3.05, 3.63) is 131 Å². The van der Waals surface area contributed by atoms with Crippen molar-refractivity contribution in [2.45, 2.75) is 46.3 Å². The third kappa shape index (κ3) is 11.0. The first-order valence-corrected chi connectivity index (χ1v) is 19.8. The van der Waals surface area contributed by atoms with E-state index in [1.54, 1.807) is 12.3 Å². The minimum Gasteiger partial charge on any atom is -0.542 e. The number of hydrogen-bond acceptors (Lipinski definition) is 11. The van der Waals surface area contributed by atoms with Crippen molar-refractivity contribution >= 4 is 55.5 Å². The van der Waals surface area contributed by atoms with Crippen LogP contribution in [-0.2, 0) is 14.3 Å². The zero-order valence-electron chi connectivity index (χ0n) is 33.8. The predicted octanol–water partition coefficient (Wildman–Crippen LogP) is 4.95. The number of carboxylic acid groups (broad SMARTS) is 2. The maximum absolute atomic E-state index is 11.2. The van der Waals surface area contributed by atoms with Crippen molar-refractivity contribution in [1.82, 2.24) is 39.9 Å². The number of aromatic nitrogens is 8. The van der Waals surface area contributed by atoms with E-state index in [4.69, 9.17) is 19.9 Å². The number of H-pyrrole nitrogens is 1. The molecule has 16 heteroatoms. The number of Topliss-reactive ketones (excluding diaryl/α,β-unsaturated/α-hetero) is 1. The van der Waals surface area contributed by atoms with E-state index in [1.807, 2.05) is 85.5 Å². The molecule has 1 atom stereocenters. The fourth-order valence-corrected chi connectivity index (χ4v) is 7.06. The molecule has 61 heavy (non-hydrogen) atoms. The fraction of sp³-hybridized carbons (Fsp3) is 0.178. The predicted molar refractivity (Wildman–Crippen MR) is 227 cm³/mol. The Hall–Kier alpha value is -5.33. The molecular formula is C45H38BrKN8O6. The third-order valence-corrected chi connectivity index (χ3v) is 10.1. The summed E-state index contributed by atoms with van der Waals surface area (Å²) in [6.45, 7) is 5.67. The number of benzene rings is 2. The number of aromatic amines is 1. The van der Waals surface area contributed by atoms with Crippen molar-refractivity contribution in [3.8, 4) is 45.0 Å². The molecule has 2 aromatic carbocycles. The van der Waals surface area contributed by atoms with Crippen molar-refractivity contribution in [3.63, 3.8) is 0 Å². The number of aliphatic carboxylic acids is 1. The van der Waals surface area contributed by atoms with Gasteiger partial charge in [0.2, 0.25) is 0 Å². The second-order valence-corrected chi connectivity index (χ2v) is 14.9. The summed E-state index contributed by atoms with van der Waals surface area (Å²) in [6, 6.07) is 27.7. The Labute approximate surface area is 401 Å². The summed E-state index contributed by atoms with van der Waals surface area (Å²) in [4.78, 5) is 47.9. The molecule has 6 aromatic heterocycles. The molecule has 1 fully saturated rings. The number of carboxylic acids is 2. The number of carbonyl (C=O) groups excluding carboxylic acids is 2. The molecule has 1 aliphatic rings. The summed E-state index contributed by atoms with van der Waals surface area (Å²) in [5.74, 6) is -3.56. The summed E-state index contributed by atoms with van der Waals surface area (Å²) < 4.78 is 9.03. The smallest absolute Gasteiger partial charge is 0.542 e. The number of fused-ring (bicyclic) bond motifs is 2. The number of nitrogens with zero attached hydrogens (tertiary/aromatic N) is 7. The molecule has 9 rings (SSSR count). The normalized spacial score (nSPS) is 13.3. The summed E-state index contributed by atoms with van der Waals surface area (Å²) in [5.41, 5.74) is 11.3. The van der Waals surface area contributed by atoms with Crippen molar-refractivity contribution in [2.75, 3.05) is 6.61 Å². The van der Waals surface area contributed by atoms with Crippen molar-refractivity contribution in [1.29, 1.82) is 0 Å². The molecule has 1 saturated heterocycles. The van der Waals surface area contributed by atoms with Gasteiger partial charge in [-0.1, -0.05) is 24.3 Å². The van der Waals surface area contributed by atoms with Crippen LogP contribution in [0.3, 0.4) is 0 Å². The van der Waals surface area contributed by atoms with Gasteiger partial charge in [0.05, 0.1) is 51.8 Å². The molecule has 0 spiro atoms. The first-order valence-electron chi connectivity index (χ1n) is 19.0. The number of hydrogen-bond donors (Lipinski definition) is 2. The molecule has 0 amide bonds. The SMILES string of the molecule is CC(=O)C(=O)[O-].Cc1cccc(-c2[nH]ncc2-c2ccc3ncc(C(=O)O)cc3c2)n1.Cc1cccc(-c2c(-c3ccc4ncc(Br)cc4c3)cnn2C2CCCCO2)n1.[K+]. The summed E-state index contributed by atoms with van der Waals surface area (Å²) >= 11 is 3.52. The van der Waals surface area contributed by atoms with Crippen LogP contribution < -0.4 is 56.5 Å². The maximum Gasteiger partial charge on any atom is 1.00 e. The van der Waals surface area contributed by atoms with Gasteiger partial charge in [-0.05, 0) is 121 Å². The largest absolute Gasteiger partial charge is 1.00 e. The van der Waals surface area contributed by atoms with Gasteiger partial charge in [0.15, 0.2) is 12.0 Å². The van der Waals surface area contributed by atoms with E-state index >= 15 is 0 Å². The van der Waals surface area contributed by atoms with Crippen LogP contribution in [0.2, 0.25) is 0 Å². The van der Waals surface area contributed by atoms with Crippen LogP contribution in [0.4, 0.5) is 0 Å². The Bertz CT molecular complexity index is 2860. The number of ether oxygens (including phenoxy) is 1. The van der Waals surface area contributed by atoms with Crippen LogP contribution >= 0.6 is 15.9 Å². The molecule has 0 aliphatic carbocycles. The van der Waals surface area contributed by atoms with Crippen LogP contribution in [0.15, 0.2) is 114 Å². The Kier molecular flexibility index (Phi) is 15.2. The molecule has 0 saturated carbocycles. The molecule has 1 unspecified atom stereocenters. The van der Waals surface area contributed by atoms with E-state index in [-0.39, 0.29) is 63.2 Å². The Morgan fingerprint density at radius 1 is 0.803 bits per heavy atom. The first-order chi connectivity index (χ1) is 28.9. The van der Waals surface area contributed by atoms with E-state index in [1.165, 1.54) is 6.20 Å². The minimum atomic E-state index is -1.63. The van der Waals surface area contributed by atoms with Gasteiger partial charge in [-0.2, -0.15) is 10.2 Å². The van der Waals surface area contributed by atoms with Crippen molar-refractivity contribution in [2.24, 2.45) is 0 Å². The molecule has 8 aromatic rings. The molecule has 14 nitrogen and oxygen atoms in total. The topological polar surface area (TPSA) is 202 Å². The van der Waals surface area contributed by atoms with Crippen molar-refractivity contribution < 1.29 is 80.7 Å². The van der Waals surface area contributed by atoms with E-state index in [0.29, 0.717) is 0 Å². The molecule has 302 valence electrons. The summed E-state index contributed by atoms with van der Waals surface area (Å²) in [7, 11) is 0. The number of nitrogens with one attached hydrogen (secondary N) is 1. The van der Waals surface area contributed by atoms with E-state index < -0.39 is 17.7 Å². The maximum atomic E-state index is 11.2. The number of aryl methyl sites for hydroxylation is 2. The molecule has 0 radical (unpaired) electrons. The summed E-state index contributed by atoms with van der Waals surface area (Å²) in [6.07, 6.45) is 10.0. The fourth-order valence-electron chi connectivity index (χ4n) is 6.71. The third-order valence-electron chi connectivity index (χ3n) is 9.62. The number of rotatable bonds is 7. The quantitative estimate of drug-likeness (QED) is 0.161. The summed E-state index contributed by atoms with van der Waals surface area (Å²) in [5, 5.41) is 32.1. The minimum absolute atomic E-state index is 0. The molecular weight excluding hydrogens is 868 g/mol. The standard InChI is InChI=1S/C23H21BrN4O.C19H14N4O2.C3H4O3.K/c1-15-5-4-6-21(27-15)23-19(14-26-28(23)22-7-2-3-10-29-22)16-8-9-20-17(11-16)12-18(24)13-25-20;1-11-3-2-4-17(22-11)18-15(10-21-23-18)12-5-6-16-13(7-12)8-14(9-20-16)19(24)25;1-2(4)3(5)6;/h4-6,8-9,11-14,22H,2-3,7,10H2,1H3;2-10H,1H3,(H,21,23)(H,24,25);1H3,(H,5,6);/q;;;+1/p-1. The van der Waals surface area contributed by atoms with Crippen LogP contribution in [0.25, 0.3) is 66.8 Å². The number of aromatic carboxylic acids is 1. The Morgan fingerprint density at radius 3 is 2.05 bits per heavy atom. The number of carbonyl (C=O) groups is 3. The van der Waals surface area contributed by atoms with Gasteiger partial charge in [-0.3, -0.25) is 29.8 Å². The van der Waals surface area contributed by atoms with E-state index in [9.17, 15) is 19.5 Å². The number of halogens is 1. The van der Waals surface area contributed by atoms with Gasteiger partial charge in [0.1, 0.15) is 5.97 Å². The zero-order chi connectivity index (χ0) is 42.3. The van der Waals surface area contributed by atoms with Crippen LogP contribution in [0.1, 0.15) is 54.2 Å². The van der Waals surface area contributed by atoms with E-state index in [0.717, 1.165) is 115 Å². The second kappa shape index (κ2) is 20.5. The van der Waals surface area contributed by atoms with Gasteiger partial charge < -0.3 is 19.7 Å². The van der Waals surface area contributed by atoms with Crippen LogP contribution in [-0.4, -0.2) is 69.3 Å². The Balaban J connectivity index is 0.000000179. The van der Waals surface area contributed by atoms with Crippen LogP contribution in [0, 0.1) is 13.8 Å². The first kappa shape index (κ1) is 45.2. The number of pyridine rings is 4. The van der Waals surface area contributed by atoms with Gasteiger partial charge in [-0.25, -0.2) is 9.48 Å². The molecule has 0 bridgehead atoms. The average molecular weight is 906 g/mol. The number of ketones is 1. The van der Waals surface area contributed by atoms with Gasteiger partial charge in [0, 0.05) is 63.7 Å². The van der Waals surface area contributed by atoms with Gasteiger partial charge in [0.25, 0.3) is 0 Å². The van der Waals surface area contributed by atoms with Gasteiger partial charge >= 0.3 is 57.4 Å². The van der Waals surface area contributed by atoms with Gasteiger partial charge in [-0.15, -0.1) is 0 Å². The molecule has 1 aliphatic heterocycles. The van der Waals surface area contributed by atoms with E-state index in [2.05, 4.69) is 65.3 Å². The monoisotopic (exact) mass is 904 g/mol. The van der Waals surface area contributed by atoms with Crippen LogP contribution in [0.5, 0.6) is 0 Å². The average Bonchev–Trinajstić information content (AvgIpc) is 3.93. The molecule has 7 heterocycles.